The molecule has 2 unspecified atom stereocenters. The van der Waals surface area contributed by atoms with Crippen molar-refractivity contribution in [3.63, 3.8) is 0 Å². The number of rotatable bonds is 1. The summed E-state index contributed by atoms with van der Waals surface area (Å²) in [5.41, 5.74) is 0. The summed E-state index contributed by atoms with van der Waals surface area (Å²) in [6.45, 7) is 0. The van der Waals surface area contributed by atoms with E-state index >= 15 is 0 Å². The lowest BCUT2D eigenvalue weighted by molar-refractivity contribution is 0.222. The second-order valence-corrected chi connectivity index (χ2v) is 3.26. The quantitative estimate of drug-likeness (QED) is 0.569. The smallest absolute Gasteiger partial charge is 0.228 e. The van der Waals surface area contributed by atoms with E-state index in [1.165, 1.54) is 0 Å². The summed E-state index contributed by atoms with van der Waals surface area (Å²) in [4.78, 5) is 3.79. The molecule has 4 heteroatoms. The van der Waals surface area contributed by atoms with Crippen molar-refractivity contribution in [1.29, 1.82) is 0 Å². The Kier molecular flexibility index (Phi) is 2.04. The number of hydrogen-bond donors (Lipinski definition) is 1. The van der Waals surface area contributed by atoms with Gasteiger partial charge in [0.25, 0.3) is 0 Å². The van der Waals surface area contributed by atoms with Gasteiger partial charge in [-0.2, -0.15) is 0 Å². The maximum Gasteiger partial charge on any atom is 0.228 e. The van der Waals surface area contributed by atoms with Crippen molar-refractivity contribution < 1.29 is 0 Å². The van der Waals surface area contributed by atoms with Gasteiger partial charge in [0.2, 0.25) is 7.98 Å². The molecule has 1 N–H and O–H groups in total. The Morgan fingerprint density at radius 2 is 2.15 bits per heavy atom. The summed E-state index contributed by atoms with van der Waals surface area (Å²) in [5.74, 6) is 0. The van der Waals surface area contributed by atoms with Crippen molar-refractivity contribution in [2.75, 3.05) is 7.05 Å². The normalized spacial score (nSPS) is 31.2. The third kappa shape index (κ3) is 1.44. The van der Waals surface area contributed by atoms with Crippen LogP contribution in [0.4, 0.5) is 0 Å². The molecule has 2 atom stereocenters. The predicted molar refractivity (Wildman–Crippen MR) is 53.5 cm³/mol. The van der Waals surface area contributed by atoms with Crippen LogP contribution < -0.4 is 5.32 Å². The van der Waals surface area contributed by atoms with Gasteiger partial charge in [0.1, 0.15) is 6.17 Å². The average Bonchev–Trinajstić information content (AvgIpc) is 2.48. The van der Waals surface area contributed by atoms with Crippen LogP contribution >= 0.6 is 0 Å². The number of likely N-dealkylation sites (N-methyl/N-ethyl adjacent to an activating group) is 1. The first-order chi connectivity index (χ1) is 6.29. The monoisotopic (exact) mass is 173 g/mol. The molecule has 2 aliphatic rings. The van der Waals surface area contributed by atoms with Crippen LogP contribution in [-0.2, 0) is 0 Å². The first-order valence-corrected chi connectivity index (χ1v) is 4.32. The van der Waals surface area contributed by atoms with Crippen LogP contribution in [0, 0.1) is 0 Å². The lowest BCUT2D eigenvalue weighted by Gasteiger charge is -2.34. The summed E-state index contributed by atoms with van der Waals surface area (Å²) in [6, 6.07) is 0.245. The van der Waals surface area contributed by atoms with E-state index in [0.717, 1.165) is 0 Å². The average molecular weight is 173 g/mol. The van der Waals surface area contributed by atoms with Gasteiger partial charge in [-0.3, -0.25) is 0 Å². The van der Waals surface area contributed by atoms with Gasteiger partial charge in [-0.25, -0.2) is 0 Å². The first kappa shape index (κ1) is 8.29. The molecule has 13 heavy (non-hydrogen) atoms. The Bertz CT molecular complexity index is 260. The van der Waals surface area contributed by atoms with Crippen LogP contribution in [0.15, 0.2) is 36.8 Å². The van der Waals surface area contributed by atoms with E-state index in [9.17, 15) is 0 Å². The zero-order valence-corrected chi connectivity index (χ0v) is 7.59. The molecule has 0 saturated heterocycles. The van der Waals surface area contributed by atoms with Crippen LogP contribution in [0.5, 0.6) is 0 Å². The molecule has 0 aromatic rings. The Hall–Kier alpha value is -1.32. The highest BCUT2D eigenvalue weighted by Crippen LogP contribution is 2.16. The number of hydrogen-bond acceptors (Lipinski definition) is 3. The molecule has 0 fully saturated rings. The number of allylic oxidation sites excluding steroid dienone is 2. The molecule has 0 spiro atoms. The number of dihydropyridines is 1. The molecule has 3 nitrogen and oxygen atoms in total. The molecule has 2 heterocycles. The fourth-order valence-corrected chi connectivity index (χ4v) is 1.65. The topological polar surface area (TPSA) is 18.5 Å². The van der Waals surface area contributed by atoms with Gasteiger partial charge in [0, 0.05) is 19.4 Å². The molecule has 2 rings (SSSR count). The van der Waals surface area contributed by atoms with Crippen molar-refractivity contribution in [1.82, 2.24) is 15.0 Å². The van der Waals surface area contributed by atoms with Crippen LogP contribution in [0.1, 0.15) is 0 Å². The van der Waals surface area contributed by atoms with Crippen molar-refractivity contribution in [3.05, 3.63) is 36.8 Å². The lowest BCUT2D eigenvalue weighted by atomic mass is 10.1. The van der Waals surface area contributed by atoms with Gasteiger partial charge >= 0.3 is 0 Å². The molecular weight excluding hydrogens is 161 g/mol. The third-order valence-electron chi connectivity index (χ3n) is 2.33. The Morgan fingerprint density at radius 3 is 2.69 bits per heavy atom. The summed E-state index contributed by atoms with van der Waals surface area (Å²) in [5, 5.41) is 3.25. The molecule has 0 saturated carbocycles. The van der Waals surface area contributed by atoms with Crippen molar-refractivity contribution >= 4 is 7.98 Å². The standard InChI is InChI=1S/C9H12BN3/c1-12-6-7-13(10)9(12)8-4-2-3-5-11-8/h2-9,11H,1H3. The number of nitrogens with zero attached hydrogens (tertiary/aromatic N) is 2. The second kappa shape index (κ2) is 3.20. The van der Waals surface area contributed by atoms with E-state index in [4.69, 9.17) is 7.98 Å². The maximum atomic E-state index is 5.81. The van der Waals surface area contributed by atoms with Gasteiger partial charge in [-0.1, -0.05) is 12.2 Å². The summed E-state index contributed by atoms with van der Waals surface area (Å²) >= 11 is 0. The fourth-order valence-electron chi connectivity index (χ4n) is 1.65. The molecule has 0 bridgehead atoms. The Labute approximate surface area is 79.8 Å². The van der Waals surface area contributed by atoms with E-state index in [1.54, 1.807) is 4.81 Å². The maximum absolute atomic E-state index is 5.81. The van der Waals surface area contributed by atoms with Crippen LogP contribution in [-0.4, -0.2) is 36.9 Å². The minimum absolute atomic E-state index is 0.168. The van der Waals surface area contributed by atoms with Crippen molar-refractivity contribution in [3.8, 4) is 0 Å². The van der Waals surface area contributed by atoms with Crippen molar-refractivity contribution in [2.24, 2.45) is 0 Å². The van der Waals surface area contributed by atoms with E-state index in [-0.39, 0.29) is 12.2 Å². The van der Waals surface area contributed by atoms with E-state index in [1.807, 2.05) is 37.8 Å². The molecule has 0 aliphatic carbocycles. The molecule has 2 radical (unpaired) electrons. The minimum Gasteiger partial charge on any atom is -0.409 e. The zero-order chi connectivity index (χ0) is 9.26. The fraction of sp³-hybridized carbons (Fsp3) is 0.333. The van der Waals surface area contributed by atoms with Gasteiger partial charge in [0.05, 0.1) is 6.04 Å². The minimum atomic E-state index is 0.168. The highest BCUT2D eigenvalue weighted by Gasteiger charge is 2.27. The van der Waals surface area contributed by atoms with Gasteiger partial charge in [-0.15, -0.1) is 0 Å². The van der Waals surface area contributed by atoms with Crippen LogP contribution in [0.2, 0.25) is 0 Å². The molecule has 0 aromatic heterocycles. The van der Waals surface area contributed by atoms with E-state index in [0.29, 0.717) is 0 Å². The lowest BCUT2D eigenvalue weighted by Crippen LogP contribution is -2.49. The van der Waals surface area contributed by atoms with Crippen molar-refractivity contribution in [2.45, 2.75) is 12.2 Å². The molecule has 2 aliphatic heterocycles. The van der Waals surface area contributed by atoms with Crippen LogP contribution in [0.25, 0.3) is 0 Å². The molecule has 66 valence electrons. The predicted octanol–water partition coefficient (Wildman–Crippen LogP) is 0.156. The summed E-state index contributed by atoms with van der Waals surface area (Å²) < 4.78 is 0. The Balaban J connectivity index is 2.08. The SMILES string of the molecule is [B]N1C=CN(C)C1C1C=CC=CN1. The third-order valence-corrected chi connectivity index (χ3v) is 2.33. The molecular formula is C9H12BN3. The largest absolute Gasteiger partial charge is 0.409 e. The molecule has 0 aromatic carbocycles. The van der Waals surface area contributed by atoms with Gasteiger partial charge in [0.15, 0.2) is 0 Å². The summed E-state index contributed by atoms with van der Waals surface area (Å²) in [6.07, 6.45) is 12.1. The summed E-state index contributed by atoms with van der Waals surface area (Å²) in [7, 11) is 7.82. The highest BCUT2D eigenvalue weighted by atomic mass is 15.4. The van der Waals surface area contributed by atoms with E-state index in [2.05, 4.69) is 16.3 Å². The van der Waals surface area contributed by atoms with Gasteiger partial charge < -0.3 is 15.0 Å². The van der Waals surface area contributed by atoms with E-state index < -0.39 is 0 Å². The van der Waals surface area contributed by atoms with Gasteiger partial charge in [-0.05, 0) is 12.3 Å². The zero-order valence-electron chi connectivity index (χ0n) is 7.59. The Morgan fingerprint density at radius 1 is 1.31 bits per heavy atom. The first-order valence-electron chi connectivity index (χ1n) is 4.32. The van der Waals surface area contributed by atoms with Crippen LogP contribution in [0.3, 0.4) is 0 Å². The highest BCUT2D eigenvalue weighted by molar-refractivity contribution is 6.05. The second-order valence-electron chi connectivity index (χ2n) is 3.26. The number of nitrogens with one attached hydrogen (secondary N) is 1. The molecule has 0 amide bonds.